The van der Waals surface area contributed by atoms with Gasteiger partial charge >= 0.3 is 0 Å². The Morgan fingerprint density at radius 2 is 1.06 bits per heavy atom. The Balaban J connectivity index is 1.72. The molecule has 154 valence electrons. The van der Waals surface area contributed by atoms with Crippen molar-refractivity contribution in [2.45, 2.75) is 13.1 Å². The SMILES string of the molecule is COc1ccc(CN(C=C(c2ccccc2)c2ccccc2)Cc2ccccc2)cc1. The van der Waals surface area contributed by atoms with Crippen LogP contribution in [0.4, 0.5) is 0 Å². The third-order valence-electron chi connectivity index (χ3n) is 5.25. The lowest BCUT2D eigenvalue weighted by Gasteiger charge is -2.23. The van der Waals surface area contributed by atoms with Crippen LogP contribution in [0.15, 0.2) is 121 Å². The van der Waals surface area contributed by atoms with Crippen LogP contribution in [-0.4, -0.2) is 12.0 Å². The molecular formula is C29H27NO. The molecule has 0 atom stereocenters. The van der Waals surface area contributed by atoms with Gasteiger partial charge in [0.15, 0.2) is 0 Å². The van der Waals surface area contributed by atoms with Crippen molar-refractivity contribution in [1.82, 2.24) is 4.90 Å². The maximum absolute atomic E-state index is 5.32. The maximum atomic E-state index is 5.32. The van der Waals surface area contributed by atoms with Crippen LogP contribution in [0.1, 0.15) is 22.3 Å². The molecule has 2 heteroatoms. The van der Waals surface area contributed by atoms with E-state index in [2.05, 4.69) is 114 Å². The van der Waals surface area contributed by atoms with Gasteiger partial charge in [-0.15, -0.1) is 0 Å². The van der Waals surface area contributed by atoms with Crippen LogP contribution in [-0.2, 0) is 13.1 Å². The largest absolute Gasteiger partial charge is 0.497 e. The third kappa shape index (κ3) is 5.64. The predicted octanol–water partition coefficient (Wildman–Crippen LogP) is 6.79. The minimum atomic E-state index is 0.808. The summed E-state index contributed by atoms with van der Waals surface area (Å²) in [6, 6.07) is 40.1. The Kier molecular flexibility index (Phi) is 6.81. The molecular weight excluding hydrogens is 378 g/mol. The van der Waals surface area contributed by atoms with Crippen LogP contribution in [0.5, 0.6) is 5.75 Å². The predicted molar refractivity (Wildman–Crippen MR) is 129 cm³/mol. The number of rotatable bonds is 8. The van der Waals surface area contributed by atoms with E-state index in [1.165, 1.54) is 27.8 Å². The minimum Gasteiger partial charge on any atom is -0.497 e. The lowest BCUT2D eigenvalue weighted by atomic mass is 9.98. The van der Waals surface area contributed by atoms with Gasteiger partial charge in [-0.05, 0) is 34.4 Å². The van der Waals surface area contributed by atoms with Gasteiger partial charge in [-0.3, -0.25) is 0 Å². The van der Waals surface area contributed by atoms with Gasteiger partial charge in [0.05, 0.1) is 7.11 Å². The van der Waals surface area contributed by atoms with Gasteiger partial charge < -0.3 is 9.64 Å². The summed E-state index contributed by atoms with van der Waals surface area (Å²) in [5, 5.41) is 0. The molecule has 0 aliphatic heterocycles. The van der Waals surface area contributed by atoms with Gasteiger partial charge in [0.25, 0.3) is 0 Å². The second-order valence-corrected chi connectivity index (χ2v) is 7.51. The average Bonchev–Trinajstić information content (AvgIpc) is 2.84. The molecule has 31 heavy (non-hydrogen) atoms. The van der Waals surface area contributed by atoms with Gasteiger partial charge in [0, 0.05) is 24.9 Å². The Hall–Kier alpha value is -3.78. The smallest absolute Gasteiger partial charge is 0.118 e. The molecule has 0 bridgehead atoms. The topological polar surface area (TPSA) is 12.5 Å². The molecule has 0 heterocycles. The van der Waals surface area contributed by atoms with Crippen LogP contribution >= 0.6 is 0 Å². The van der Waals surface area contributed by atoms with E-state index in [0.717, 1.165) is 18.8 Å². The highest BCUT2D eigenvalue weighted by Crippen LogP contribution is 2.25. The van der Waals surface area contributed by atoms with Gasteiger partial charge in [-0.2, -0.15) is 0 Å². The van der Waals surface area contributed by atoms with Crippen molar-refractivity contribution in [3.63, 3.8) is 0 Å². The zero-order valence-corrected chi connectivity index (χ0v) is 17.8. The average molecular weight is 406 g/mol. The van der Waals surface area contributed by atoms with Crippen molar-refractivity contribution in [3.8, 4) is 5.75 Å². The molecule has 4 aromatic rings. The van der Waals surface area contributed by atoms with Crippen molar-refractivity contribution < 1.29 is 4.74 Å². The fourth-order valence-corrected chi connectivity index (χ4v) is 3.66. The molecule has 0 aliphatic carbocycles. The first kappa shape index (κ1) is 20.5. The molecule has 0 aromatic heterocycles. The molecule has 0 N–H and O–H groups in total. The second kappa shape index (κ2) is 10.3. The number of hydrogen-bond acceptors (Lipinski definition) is 2. The zero-order chi connectivity index (χ0) is 21.3. The Morgan fingerprint density at radius 1 is 0.613 bits per heavy atom. The number of ether oxygens (including phenoxy) is 1. The van der Waals surface area contributed by atoms with Crippen LogP contribution in [0.25, 0.3) is 5.57 Å². The zero-order valence-electron chi connectivity index (χ0n) is 17.8. The summed E-state index contributed by atoms with van der Waals surface area (Å²) in [5.41, 5.74) is 6.16. The number of methoxy groups -OCH3 is 1. The molecule has 0 radical (unpaired) electrons. The molecule has 2 nitrogen and oxygen atoms in total. The standard InChI is InChI=1S/C29H27NO/c1-31-28-19-17-25(18-20-28)22-30(21-24-11-5-2-6-12-24)23-29(26-13-7-3-8-14-26)27-15-9-4-10-16-27/h2-20,23H,21-22H2,1H3. The van der Waals surface area contributed by atoms with E-state index in [1.807, 2.05) is 12.1 Å². The lowest BCUT2D eigenvalue weighted by molar-refractivity contribution is 0.362. The van der Waals surface area contributed by atoms with Crippen molar-refractivity contribution in [1.29, 1.82) is 0 Å². The Labute approximate surface area is 185 Å². The Morgan fingerprint density at radius 3 is 1.55 bits per heavy atom. The van der Waals surface area contributed by atoms with E-state index < -0.39 is 0 Å². The highest BCUT2D eigenvalue weighted by atomic mass is 16.5. The normalized spacial score (nSPS) is 10.4. The van der Waals surface area contributed by atoms with Crippen LogP contribution in [0.3, 0.4) is 0 Å². The van der Waals surface area contributed by atoms with Gasteiger partial charge in [-0.25, -0.2) is 0 Å². The molecule has 0 fully saturated rings. The summed E-state index contributed by atoms with van der Waals surface area (Å²) in [7, 11) is 1.70. The van der Waals surface area contributed by atoms with E-state index in [0.29, 0.717) is 0 Å². The molecule has 4 rings (SSSR count). The number of nitrogens with zero attached hydrogens (tertiary/aromatic N) is 1. The molecule has 0 unspecified atom stereocenters. The third-order valence-corrected chi connectivity index (χ3v) is 5.25. The van der Waals surface area contributed by atoms with Gasteiger partial charge in [0.1, 0.15) is 5.75 Å². The van der Waals surface area contributed by atoms with E-state index in [-0.39, 0.29) is 0 Å². The monoisotopic (exact) mass is 405 g/mol. The summed E-state index contributed by atoms with van der Waals surface area (Å²) < 4.78 is 5.32. The van der Waals surface area contributed by atoms with Crippen LogP contribution in [0.2, 0.25) is 0 Å². The lowest BCUT2D eigenvalue weighted by Crippen LogP contribution is -2.17. The van der Waals surface area contributed by atoms with Gasteiger partial charge in [0.2, 0.25) is 0 Å². The second-order valence-electron chi connectivity index (χ2n) is 7.51. The van der Waals surface area contributed by atoms with E-state index in [1.54, 1.807) is 7.11 Å². The summed E-state index contributed by atoms with van der Waals surface area (Å²) in [6.07, 6.45) is 2.29. The first-order valence-corrected chi connectivity index (χ1v) is 10.6. The van der Waals surface area contributed by atoms with Gasteiger partial charge in [-0.1, -0.05) is 103 Å². The van der Waals surface area contributed by atoms with E-state index >= 15 is 0 Å². The molecule has 0 saturated heterocycles. The highest BCUT2D eigenvalue weighted by Gasteiger charge is 2.10. The highest BCUT2D eigenvalue weighted by molar-refractivity contribution is 5.79. The summed E-state index contributed by atoms with van der Waals surface area (Å²) >= 11 is 0. The first-order chi connectivity index (χ1) is 15.3. The van der Waals surface area contributed by atoms with Crippen molar-refractivity contribution in [3.05, 3.63) is 144 Å². The van der Waals surface area contributed by atoms with E-state index in [9.17, 15) is 0 Å². The first-order valence-electron chi connectivity index (χ1n) is 10.6. The quantitative estimate of drug-likeness (QED) is 0.320. The van der Waals surface area contributed by atoms with Crippen molar-refractivity contribution in [2.75, 3.05) is 7.11 Å². The molecule has 0 aliphatic rings. The fourth-order valence-electron chi connectivity index (χ4n) is 3.66. The van der Waals surface area contributed by atoms with Crippen molar-refractivity contribution >= 4 is 5.57 Å². The molecule has 0 saturated carbocycles. The minimum absolute atomic E-state index is 0.808. The van der Waals surface area contributed by atoms with E-state index in [4.69, 9.17) is 4.74 Å². The fraction of sp³-hybridized carbons (Fsp3) is 0.103. The Bertz CT molecular complexity index is 1050. The number of benzene rings is 4. The summed E-state index contributed by atoms with van der Waals surface area (Å²) in [5.74, 6) is 0.878. The molecule has 0 spiro atoms. The maximum Gasteiger partial charge on any atom is 0.118 e. The summed E-state index contributed by atoms with van der Waals surface area (Å²) in [6.45, 7) is 1.64. The number of hydrogen-bond donors (Lipinski definition) is 0. The van der Waals surface area contributed by atoms with Crippen molar-refractivity contribution in [2.24, 2.45) is 0 Å². The molecule has 0 amide bonds. The van der Waals surface area contributed by atoms with Crippen LogP contribution < -0.4 is 4.74 Å². The van der Waals surface area contributed by atoms with Crippen LogP contribution in [0, 0.1) is 0 Å². The molecule has 4 aromatic carbocycles. The summed E-state index contributed by atoms with van der Waals surface area (Å²) in [4.78, 5) is 2.38.